The third kappa shape index (κ3) is 5.99. The van der Waals surface area contributed by atoms with E-state index in [0.29, 0.717) is 6.04 Å². The van der Waals surface area contributed by atoms with Gasteiger partial charge in [0.1, 0.15) is 0 Å². The smallest absolute Gasteiger partial charge is 0.0229 e. The summed E-state index contributed by atoms with van der Waals surface area (Å²) in [5.41, 5.74) is 7.46. The van der Waals surface area contributed by atoms with Gasteiger partial charge in [0.2, 0.25) is 0 Å². The second-order valence-corrected chi connectivity index (χ2v) is 4.90. The van der Waals surface area contributed by atoms with Gasteiger partial charge >= 0.3 is 0 Å². The van der Waals surface area contributed by atoms with Crippen molar-refractivity contribution in [2.75, 3.05) is 0 Å². The molecule has 1 nitrogen and oxygen atoms in total. The van der Waals surface area contributed by atoms with Crippen LogP contribution < -0.4 is 5.73 Å². The molecule has 0 aromatic heterocycles. The second-order valence-electron chi connectivity index (χ2n) is 4.90. The van der Waals surface area contributed by atoms with Gasteiger partial charge in [-0.25, -0.2) is 0 Å². The summed E-state index contributed by atoms with van der Waals surface area (Å²) < 4.78 is 0. The molecule has 0 bridgehead atoms. The molecule has 0 saturated carbocycles. The highest BCUT2D eigenvalue weighted by molar-refractivity contribution is 5.12. The molecule has 1 aliphatic carbocycles. The van der Waals surface area contributed by atoms with Crippen LogP contribution in [0.15, 0.2) is 11.6 Å². The topological polar surface area (TPSA) is 26.0 Å². The Morgan fingerprint density at radius 3 is 2.40 bits per heavy atom. The van der Waals surface area contributed by atoms with Crippen molar-refractivity contribution in [3.63, 3.8) is 0 Å². The van der Waals surface area contributed by atoms with E-state index in [2.05, 4.69) is 13.0 Å². The molecule has 1 aliphatic rings. The first-order valence-electron chi connectivity index (χ1n) is 6.78. The minimum Gasteiger partial charge on any atom is -0.324 e. The van der Waals surface area contributed by atoms with Crippen LogP contribution in [0.1, 0.15) is 71.1 Å². The highest BCUT2D eigenvalue weighted by Crippen LogP contribution is 2.22. The van der Waals surface area contributed by atoms with Gasteiger partial charge in [-0.2, -0.15) is 0 Å². The van der Waals surface area contributed by atoms with Crippen molar-refractivity contribution >= 4 is 0 Å². The third-order valence-electron chi connectivity index (χ3n) is 3.35. The van der Waals surface area contributed by atoms with Crippen LogP contribution in [0.2, 0.25) is 0 Å². The molecule has 1 heteroatoms. The molecule has 0 amide bonds. The largest absolute Gasteiger partial charge is 0.324 e. The fourth-order valence-electron chi connectivity index (χ4n) is 2.34. The Kier molecular flexibility index (Phi) is 6.74. The quantitative estimate of drug-likeness (QED) is 0.471. The lowest BCUT2D eigenvalue weighted by molar-refractivity contribution is 0.586. The molecule has 0 heterocycles. The van der Waals surface area contributed by atoms with Gasteiger partial charge in [0.25, 0.3) is 0 Å². The molecule has 1 rings (SSSR count). The predicted octanol–water partition coefficient (Wildman–Crippen LogP) is 4.17. The fraction of sp³-hybridized carbons (Fsp3) is 0.857. The van der Waals surface area contributed by atoms with Crippen molar-refractivity contribution in [2.45, 2.75) is 77.2 Å². The minimum absolute atomic E-state index is 0.365. The van der Waals surface area contributed by atoms with E-state index in [-0.39, 0.29) is 0 Å². The average Bonchev–Trinajstić information content (AvgIpc) is 2.63. The van der Waals surface area contributed by atoms with Gasteiger partial charge in [-0.3, -0.25) is 0 Å². The van der Waals surface area contributed by atoms with Crippen molar-refractivity contribution < 1.29 is 0 Å². The molecular formula is C14H27N. The van der Waals surface area contributed by atoms with Crippen LogP contribution >= 0.6 is 0 Å². The van der Waals surface area contributed by atoms with E-state index in [9.17, 15) is 0 Å². The molecule has 0 aromatic carbocycles. The Morgan fingerprint density at radius 2 is 1.80 bits per heavy atom. The zero-order valence-corrected chi connectivity index (χ0v) is 10.3. The van der Waals surface area contributed by atoms with E-state index < -0.39 is 0 Å². The van der Waals surface area contributed by atoms with Crippen molar-refractivity contribution in [3.8, 4) is 0 Å². The molecule has 0 aromatic rings. The van der Waals surface area contributed by atoms with E-state index in [0.717, 1.165) is 0 Å². The third-order valence-corrected chi connectivity index (χ3v) is 3.35. The van der Waals surface area contributed by atoms with Gasteiger partial charge < -0.3 is 5.73 Å². The lowest BCUT2D eigenvalue weighted by Gasteiger charge is -2.02. The molecule has 2 N–H and O–H groups in total. The Hall–Kier alpha value is -0.300. The van der Waals surface area contributed by atoms with Gasteiger partial charge in [-0.15, -0.1) is 0 Å². The first kappa shape index (κ1) is 12.8. The Morgan fingerprint density at radius 1 is 1.13 bits per heavy atom. The highest BCUT2D eigenvalue weighted by Gasteiger charge is 2.10. The molecule has 1 atom stereocenters. The van der Waals surface area contributed by atoms with Crippen LogP contribution in [-0.2, 0) is 0 Å². The molecule has 0 aliphatic heterocycles. The first-order chi connectivity index (χ1) is 7.33. The second kappa shape index (κ2) is 7.92. The maximum Gasteiger partial charge on any atom is 0.0229 e. The van der Waals surface area contributed by atoms with Crippen molar-refractivity contribution in [2.24, 2.45) is 5.73 Å². The maximum absolute atomic E-state index is 5.83. The summed E-state index contributed by atoms with van der Waals surface area (Å²) in [6.45, 7) is 2.27. The first-order valence-corrected chi connectivity index (χ1v) is 6.78. The van der Waals surface area contributed by atoms with Crippen LogP contribution in [0.4, 0.5) is 0 Å². The van der Waals surface area contributed by atoms with Gasteiger partial charge in [0.05, 0.1) is 0 Å². The monoisotopic (exact) mass is 209 g/mol. The van der Waals surface area contributed by atoms with Crippen molar-refractivity contribution in [1.29, 1.82) is 0 Å². The van der Waals surface area contributed by atoms with Gasteiger partial charge in [0.15, 0.2) is 0 Å². The summed E-state index contributed by atoms with van der Waals surface area (Å²) >= 11 is 0. The Balaban J connectivity index is 1.87. The van der Waals surface area contributed by atoms with E-state index >= 15 is 0 Å². The Labute approximate surface area is 95.1 Å². The number of rotatable bonds is 8. The minimum atomic E-state index is 0.365. The van der Waals surface area contributed by atoms with E-state index in [4.69, 9.17) is 5.73 Å². The van der Waals surface area contributed by atoms with Crippen molar-refractivity contribution in [3.05, 3.63) is 11.6 Å². The van der Waals surface area contributed by atoms with E-state index in [1.807, 2.05) is 0 Å². The molecular weight excluding hydrogens is 182 g/mol. The summed E-state index contributed by atoms with van der Waals surface area (Å²) in [7, 11) is 0. The fourth-order valence-corrected chi connectivity index (χ4v) is 2.34. The van der Waals surface area contributed by atoms with Crippen LogP contribution in [0.5, 0.6) is 0 Å². The standard InChI is InChI=1S/C14H27N/c1-2-3-4-5-6-7-8-9-13-10-11-14(15)12-13/h12,14H,2-11,15H2,1H3. The molecule has 0 radical (unpaired) electrons. The molecule has 0 spiro atoms. The van der Waals surface area contributed by atoms with Gasteiger partial charge in [0, 0.05) is 6.04 Å². The summed E-state index contributed by atoms with van der Waals surface area (Å²) in [5, 5.41) is 0. The molecule has 0 fully saturated rings. The number of nitrogens with two attached hydrogens (primary N) is 1. The maximum atomic E-state index is 5.83. The lowest BCUT2D eigenvalue weighted by atomic mass is 10.0. The molecule has 0 saturated heterocycles. The lowest BCUT2D eigenvalue weighted by Crippen LogP contribution is -2.11. The van der Waals surface area contributed by atoms with Gasteiger partial charge in [-0.05, 0) is 25.7 Å². The number of allylic oxidation sites excluding steroid dienone is 1. The van der Waals surface area contributed by atoms with Crippen LogP contribution in [0.25, 0.3) is 0 Å². The Bertz CT molecular complexity index is 184. The SMILES string of the molecule is CCCCCCCCCC1=CC(N)CC1. The number of hydrogen-bond acceptors (Lipinski definition) is 1. The molecule has 15 heavy (non-hydrogen) atoms. The van der Waals surface area contributed by atoms with Crippen LogP contribution in [0, 0.1) is 0 Å². The van der Waals surface area contributed by atoms with Crippen molar-refractivity contribution in [1.82, 2.24) is 0 Å². The van der Waals surface area contributed by atoms with Crippen LogP contribution in [0.3, 0.4) is 0 Å². The summed E-state index contributed by atoms with van der Waals surface area (Å²) in [5.74, 6) is 0. The summed E-state index contributed by atoms with van der Waals surface area (Å²) in [6.07, 6.45) is 15.9. The highest BCUT2D eigenvalue weighted by atomic mass is 14.6. The number of unbranched alkanes of at least 4 members (excludes halogenated alkanes) is 6. The van der Waals surface area contributed by atoms with E-state index in [1.54, 1.807) is 5.57 Å². The normalized spacial score (nSPS) is 20.7. The predicted molar refractivity (Wildman–Crippen MR) is 67.9 cm³/mol. The molecule has 1 unspecified atom stereocenters. The zero-order valence-electron chi connectivity index (χ0n) is 10.3. The average molecular weight is 209 g/mol. The summed E-state index contributed by atoms with van der Waals surface area (Å²) in [6, 6.07) is 0.365. The van der Waals surface area contributed by atoms with E-state index in [1.165, 1.54) is 64.2 Å². The molecule has 88 valence electrons. The summed E-state index contributed by atoms with van der Waals surface area (Å²) in [4.78, 5) is 0. The number of hydrogen-bond donors (Lipinski definition) is 1. The van der Waals surface area contributed by atoms with Crippen LogP contribution in [-0.4, -0.2) is 6.04 Å². The zero-order chi connectivity index (χ0) is 10.9. The van der Waals surface area contributed by atoms with Gasteiger partial charge in [-0.1, -0.05) is 57.1 Å².